The lowest BCUT2D eigenvalue weighted by atomic mass is 9.83. The van der Waals surface area contributed by atoms with E-state index in [4.69, 9.17) is 4.74 Å². The van der Waals surface area contributed by atoms with Gasteiger partial charge in [0.25, 0.3) is 5.91 Å². The molecule has 3 amide bonds. The van der Waals surface area contributed by atoms with E-state index in [9.17, 15) is 9.59 Å². The molecule has 1 fully saturated rings. The molecule has 1 aliphatic heterocycles. The molecule has 3 aromatic rings. The summed E-state index contributed by atoms with van der Waals surface area (Å²) in [6, 6.07) is 26.6. The number of nitrogens with zero attached hydrogens (tertiary/aromatic N) is 1. The summed E-state index contributed by atoms with van der Waals surface area (Å²) in [4.78, 5) is 27.9. The van der Waals surface area contributed by atoms with Crippen LogP contribution in [0.15, 0.2) is 84.9 Å². The predicted octanol–water partition coefficient (Wildman–Crippen LogP) is 4.02. The summed E-state index contributed by atoms with van der Waals surface area (Å²) in [5.41, 5.74) is 2.53. The first-order chi connectivity index (χ1) is 14.6. The Morgan fingerprint density at radius 2 is 1.47 bits per heavy atom. The Balaban J connectivity index is 1.68. The minimum atomic E-state index is -1.12. The number of benzene rings is 3. The van der Waals surface area contributed by atoms with Crippen LogP contribution in [0.2, 0.25) is 0 Å². The second-order valence-electron chi connectivity index (χ2n) is 7.51. The molecular weight excluding hydrogens is 376 g/mol. The van der Waals surface area contributed by atoms with Crippen molar-refractivity contribution in [2.24, 2.45) is 0 Å². The van der Waals surface area contributed by atoms with Gasteiger partial charge in [-0.15, -0.1) is 0 Å². The first-order valence-electron chi connectivity index (χ1n) is 9.93. The fourth-order valence-corrected chi connectivity index (χ4v) is 3.98. The number of methoxy groups -OCH3 is 1. The van der Waals surface area contributed by atoms with Crippen LogP contribution >= 0.6 is 0 Å². The zero-order valence-electron chi connectivity index (χ0n) is 16.9. The van der Waals surface area contributed by atoms with E-state index in [-0.39, 0.29) is 18.5 Å². The van der Waals surface area contributed by atoms with Gasteiger partial charge in [-0.05, 0) is 22.3 Å². The molecule has 1 unspecified atom stereocenters. The number of rotatable bonds is 7. The van der Waals surface area contributed by atoms with Crippen LogP contribution in [0.25, 0.3) is 0 Å². The Hall–Kier alpha value is -3.44. The highest BCUT2D eigenvalue weighted by atomic mass is 16.5. The van der Waals surface area contributed by atoms with Crippen LogP contribution in [-0.4, -0.2) is 23.9 Å². The smallest absolute Gasteiger partial charge is 0.325 e. The number of carbonyl (C=O) groups excluding carboxylic acids is 2. The van der Waals surface area contributed by atoms with Crippen LogP contribution in [0.3, 0.4) is 0 Å². The number of urea groups is 1. The van der Waals surface area contributed by atoms with Crippen LogP contribution in [-0.2, 0) is 34.6 Å². The standard InChI is InChI=1S/C25H24N2O3/c1-30-18-21-12-8-11-20(15-21)17-27-23(28)25(26-24(27)29,22-13-6-3-7-14-22)16-19-9-4-2-5-10-19/h2-15H,16-18H2,1H3,(H,26,29). The minimum Gasteiger partial charge on any atom is -0.380 e. The van der Waals surface area contributed by atoms with Crippen molar-refractivity contribution < 1.29 is 14.3 Å². The summed E-state index contributed by atoms with van der Waals surface area (Å²) in [5, 5.41) is 3.00. The number of imide groups is 1. The van der Waals surface area contributed by atoms with Crippen molar-refractivity contribution in [1.29, 1.82) is 0 Å². The highest BCUT2D eigenvalue weighted by Gasteiger charge is 2.52. The lowest BCUT2D eigenvalue weighted by Crippen LogP contribution is -2.46. The molecule has 0 aromatic heterocycles. The topological polar surface area (TPSA) is 58.6 Å². The Bertz CT molecular complexity index is 1040. The van der Waals surface area contributed by atoms with Gasteiger partial charge in [-0.1, -0.05) is 84.9 Å². The van der Waals surface area contributed by atoms with Gasteiger partial charge in [0.2, 0.25) is 0 Å². The number of nitrogens with one attached hydrogen (secondary N) is 1. The van der Waals surface area contributed by atoms with E-state index >= 15 is 0 Å². The van der Waals surface area contributed by atoms with Crippen molar-refractivity contribution in [2.45, 2.75) is 25.1 Å². The zero-order chi connectivity index (χ0) is 21.0. The number of hydrogen-bond donors (Lipinski definition) is 1. The van der Waals surface area contributed by atoms with Crippen LogP contribution in [0.4, 0.5) is 4.79 Å². The van der Waals surface area contributed by atoms with Gasteiger partial charge >= 0.3 is 6.03 Å². The maximum absolute atomic E-state index is 13.7. The number of carbonyl (C=O) groups is 2. The third-order valence-corrected chi connectivity index (χ3v) is 5.40. The number of ether oxygens (including phenoxy) is 1. The fraction of sp³-hybridized carbons (Fsp3) is 0.200. The Kier molecular flexibility index (Phi) is 5.63. The van der Waals surface area contributed by atoms with Crippen molar-refractivity contribution in [1.82, 2.24) is 10.2 Å². The molecule has 5 heteroatoms. The molecule has 3 aromatic carbocycles. The lowest BCUT2D eigenvalue weighted by molar-refractivity contribution is -0.132. The monoisotopic (exact) mass is 400 g/mol. The highest BCUT2D eigenvalue weighted by Crippen LogP contribution is 2.33. The summed E-state index contributed by atoms with van der Waals surface area (Å²) < 4.78 is 5.19. The molecule has 1 heterocycles. The SMILES string of the molecule is COCc1cccc(CN2C(=O)NC(Cc3ccccc3)(c3ccccc3)C2=O)c1. The van der Waals surface area contributed by atoms with Crippen molar-refractivity contribution in [3.05, 3.63) is 107 Å². The van der Waals surface area contributed by atoms with Gasteiger partial charge in [0, 0.05) is 13.5 Å². The second-order valence-corrected chi connectivity index (χ2v) is 7.51. The van der Waals surface area contributed by atoms with Gasteiger partial charge < -0.3 is 10.1 Å². The normalized spacial score (nSPS) is 18.5. The van der Waals surface area contributed by atoms with E-state index in [1.165, 1.54) is 4.90 Å². The van der Waals surface area contributed by atoms with E-state index in [0.717, 1.165) is 22.3 Å². The first-order valence-corrected chi connectivity index (χ1v) is 9.93. The third-order valence-electron chi connectivity index (χ3n) is 5.40. The van der Waals surface area contributed by atoms with E-state index in [0.29, 0.717) is 13.0 Å². The van der Waals surface area contributed by atoms with Gasteiger partial charge in [0.1, 0.15) is 0 Å². The number of hydrogen-bond acceptors (Lipinski definition) is 3. The molecule has 30 heavy (non-hydrogen) atoms. The van der Waals surface area contributed by atoms with Crippen molar-refractivity contribution >= 4 is 11.9 Å². The molecule has 1 N–H and O–H groups in total. The predicted molar refractivity (Wildman–Crippen MR) is 115 cm³/mol. The summed E-state index contributed by atoms with van der Waals surface area (Å²) in [6.45, 7) is 0.696. The maximum atomic E-state index is 13.7. The van der Waals surface area contributed by atoms with Crippen LogP contribution in [0, 0.1) is 0 Å². The molecule has 4 rings (SSSR count). The van der Waals surface area contributed by atoms with Crippen LogP contribution < -0.4 is 5.32 Å². The van der Waals surface area contributed by atoms with E-state index in [1.54, 1.807) is 7.11 Å². The van der Waals surface area contributed by atoms with E-state index in [1.807, 2.05) is 84.9 Å². The average Bonchev–Trinajstić information content (AvgIpc) is 3.01. The lowest BCUT2D eigenvalue weighted by Gasteiger charge is -2.27. The molecule has 5 nitrogen and oxygen atoms in total. The minimum absolute atomic E-state index is 0.214. The molecule has 0 spiro atoms. The summed E-state index contributed by atoms with van der Waals surface area (Å²) in [5.74, 6) is -0.236. The van der Waals surface area contributed by atoms with Crippen molar-refractivity contribution in [2.75, 3.05) is 7.11 Å². The summed E-state index contributed by atoms with van der Waals surface area (Å²) in [7, 11) is 1.64. The Labute approximate surface area is 176 Å². The molecule has 152 valence electrons. The molecule has 1 saturated heterocycles. The quantitative estimate of drug-likeness (QED) is 0.610. The van der Waals surface area contributed by atoms with E-state index in [2.05, 4.69) is 5.32 Å². The van der Waals surface area contributed by atoms with Crippen LogP contribution in [0.5, 0.6) is 0 Å². The molecule has 1 atom stereocenters. The van der Waals surface area contributed by atoms with E-state index < -0.39 is 5.54 Å². The number of amides is 3. The largest absolute Gasteiger partial charge is 0.380 e. The zero-order valence-corrected chi connectivity index (χ0v) is 16.9. The van der Waals surface area contributed by atoms with Gasteiger partial charge in [0.05, 0.1) is 13.2 Å². The highest BCUT2D eigenvalue weighted by molar-refractivity contribution is 6.07. The first kappa shape index (κ1) is 19.9. The molecular formula is C25H24N2O3. The van der Waals surface area contributed by atoms with Crippen LogP contribution in [0.1, 0.15) is 22.3 Å². The van der Waals surface area contributed by atoms with Crippen molar-refractivity contribution in [3.8, 4) is 0 Å². The van der Waals surface area contributed by atoms with Gasteiger partial charge in [-0.25, -0.2) is 4.79 Å². The van der Waals surface area contributed by atoms with Gasteiger partial charge in [-0.3, -0.25) is 9.69 Å². The molecule has 0 aliphatic carbocycles. The molecule has 1 aliphatic rings. The Morgan fingerprint density at radius 3 is 2.17 bits per heavy atom. The fourth-order valence-electron chi connectivity index (χ4n) is 3.98. The summed E-state index contributed by atoms with van der Waals surface area (Å²) in [6.07, 6.45) is 0.392. The van der Waals surface area contributed by atoms with Gasteiger partial charge in [0.15, 0.2) is 5.54 Å². The van der Waals surface area contributed by atoms with Gasteiger partial charge in [-0.2, -0.15) is 0 Å². The Morgan fingerprint density at radius 1 is 0.833 bits per heavy atom. The molecule has 0 saturated carbocycles. The average molecular weight is 400 g/mol. The molecule has 0 bridgehead atoms. The molecule has 0 radical (unpaired) electrons. The summed E-state index contributed by atoms with van der Waals surface area (Å²) >= 11 is 0. The maximum Gasteiger partial charge on any atom is 0.325 e. The third kappa shape index (κ3) is 3.84. The second kappa shape index (κ2) is 8.51. The van der Waals surface area contributed by atoms with Crippen molar-refractivity contribution in [3.63, 3.8) is 0 Å².